The number of rotatable bonds is 13. The number of nitrogens with two attached hydrogens (primary N) is 2. The molecule has 2 saturated heterocycles. The van der Waals surface area contributed by atoms with Gasteiger partial charge in [0.05, 0.1) is 17.4 Å². The van der Waals surface area contributed by atoms with Crippen molar-refractivity contribution in [3.05, 3.63) is 96.1 Å². The number of hydrogen-bond acceptors (Lipinski definition) is 18. The lowest BCUT2D eigenvalue weighted by molar-refractivity contribution is -0.130. The molecule has 0 spiro atoms. The number of piperazine rings is 2. The van der Waals surface area contributed by atoms with Crippen molar-refractivity contribution in [1.29, 1.82) is 0 Å². The van der Waals surface area contributed by atoms with Gasteiger partial charge in [-0.25, -0.2) is 19.9 Å². The fourth-order valence-corrected chi connectivity index (χ4v) is 8.19. The average Bonchev–Trinajstić information content (AvgIpc) is 4.10. The molecule has 2 amide bonds. The summed E-state index contributed by atoms with van der Waals surface area (Å²) in [5.74, 6) is 2.55. The van der Waals surface area contributed by atoms with Crippen LogP contribution in [0.2, 0.25) is 0 Å². The van der Waals surface area contributed by atoms with Gasteiger partial charge in [-0.2, -0.15) is 9.97 Å². The number of benzene rings is 2. The molecule has 380 valence electrons. The molecule has 8 rings (SSSR count). The molecule has 4 aromatic heterocycles. The molecule has 71 heavy (non-hydrogen) atoms. The molecule has 2 aromatic carbocycles. The Kier molecular flexibility index (Phi) is 18.0. The van der Waals surface area contributed by atoms with Gasteiger partial charge in [-0.05, 0) is 47.9 Å². The number of nitrogens with one attached hydrogen (secondary N) is 1. The molecule has 0 saturated carbocycles. The van der Waals surface area contributed by atoms with Gasteiger partial charge in [-0.15, -0.1) is 11.6 Å². The van der Waals surface area contributed by atoms with E-state index >= 15 is 0 Å². The number of halogens is 1. The highest BCUT2D eigenvalue weighted by molar-refractivity contribution is 6.27. The van der Waals surface area contributed by atoms with Crippen LogP contribution in [0.5, 0.6) is 0 Å². The first-order chi connectivity index (χ1) is 33.8. The second-order valence-corrected chi connectivity index (χ2v) is 19.3. The summed E-state index contributed by atoms with van der Waals surface area (Å²) in [6.07, 6.45) is 6.91. The second-order valence-electron chi connectivity index (χ2n) is 19.0. The largest absolute Gasteiger partial charge is 0.368 e. The first-order valence-corrected chi connectivity index (χ1v) is 24.3. The molecule has 5 N–H and O–H groups in total. The quantitative estimate of drug-likeness (QED) is 0.128. The van der Waals surface area contributed by atoms with Crippen LogP contribution in [0.25, 0.3) is 22.3 Å². The number of aromatic nitrogens is 8. The van der Waals surface area contributed by atoms with Crippen LogP contribution >= 0.6 is 11.6 Å². The Bertz CT molecular complexity index is 2610. The first-order valence-electron chi connectivity index (χ1n) is 23.8. The highest BCUT2D eigenvalue weighted by Crippen LogP contribution is 2.40. The predicted octanol–water partition coefficient (Wildman–Crippen LogP) is 5.07. The van der Waals surface area contributed by atoms with Crippen molar-refractivity contribution in [3.8, 4) is 22.3 Å². The lowest BCUT2D eigenvalue weighted by atomic mass is 9.72. The predicted molar refractivity (Wildman–Crippen MR) is 277 cm³/mol. The number of likely N-dealkylation sites (N-methyl/N-ethyl adjacent to an activating group) is 1. The van der Waals surface area contributed by atoms with Gasteiger partial charge in [0.25, 0.3) is 0 Å². The maximum absolute atomic E-state index is 12.0. The Hall–Kier alpha value is -6.77. The number of hydrogen-bond donors (Lipinski definition) is 3. The Morgan fingerprint density at radius 1 is 0.620 bits per heavy atom. The van der Waals surface area contributed by atoms with Gasteiger partial charge in [0.15, 0.2) is 11.6 Å². The Balaban J connectivity index is 0.000000208. The third-order valence-corrected chi connectivity index (χ3v) is 13.8. The van der Waals surface area contributed by atoms with E-state index in [9.17, 15) is 9.59 Å². The number of carbonyl (C=O) groups is 2. The molecule has 0 bridgehead atoms. The number of nitrogen functional groups attached to an aromatic ring is 2. The molecule has 0 radical (unpaired) electrons. The zero-order chi connectivity index (χ0) is 51.5. The van der Waals surface area contributed by atoms with Gasteiger partial charge in [-0.1, -0.05) is 86.5 Å². The van der Waals surface area contributed by atoms with Gasteiger partial charge in [-0.3, -0.25) is 14.5 Å². The van der Waals surface area contributed by atoms with E-state index in [0.717, 1.165) is 85.7 Å². The molecule has 6 heterocycles. The molecule has 2 fully saturated rings. The summed E-state index contributed by atoms with van der Waals surface area (Å²) in [7, 11) is 6.91. The summed E-state index contributed by atoms with van der Waals surface area (Å²) in [5.41, 5.74) is 16.5. The van der Waals surface area contributed by atoms with Gasteiger partial charge >= 0.3 is 12.0 Å². The minimum absolute atomic E-state index is 0.0540. The van der Waals surface area contributed by atoms with Crippen LogP contribution in [-0.4, -0.2) is 160 Å². The zero-order valence-corrected chi connectivity index (χ0v) is 43.4. The summed E-state index contributed by atoms with van der Waals surface area (Å²) in [6.45, 7) is 20.1. The second kappa shape index (κ2) is 23.9. The normalized spacial score (nSPS) is 15.7. The summed E-state index contributed by atoms with van der Waals surface area (Å²) in [4.78, 5) is 57.7. The molecule has 21 heteroatoms. The standard InChI is InChI=1S/C25H34N8O2.C21H27N7O.C4H8ClNO/c1-17(2)25(3,20-8-6-18(7-9-20)19-14-27-23(26)28-15-19)22-29-24(35-30-22)33-12-10-32(11-13-33)16-21(34)31(4)5;1-14(2)21(3,18-26-20(29-27-18)28-10-8-23-9-11-28)17-6-4-15(5-7-17)16-12-24-19(22)25-13-16;1-6(2)4(7)3-5/h6-9,14-15,17H,10-13,16H2,1-5H3,(H2,26,27,28);4-7,12-14,23H,8-11H2,1-3H3,(H2,22,24,25);3H2,1-2H3. The average molecular weight is 994 g/mol. The highest BCUT2D eigenvalue weighted by atomic mass is 35.5. The highest BCUT2D eigenvalue weighted by Gasteiger charge is 2.39. The number of anilines is 4. The number of carbonyl (C=O) groups excluding carboxylic acids is 2. The summed E-state index contributed by atoms with van der Waals surface area (Å²) in [5, 5.41) is 12.1. The topological polar surface area (TPSA) is 244 Å². The van der Waals surface area contributed by atoms with Crippen LogP contribution < -0.4 is 26.6 Å². The lowest BCUT2D eigenvalue weighted by Crippen LogP contribution is -2.49. The van der Waals surface area contributed by atoms with Crippen LogP contribution in [0.1, 0.15) is 64.3 Å². The van der Waals surface area contributed by atoms with Gasteiger partial charge in [0.2, 0.25) is 23.7 Å². The molecule has 2 aliphatic rings. The Morgan fingerprint density at radius 2 is 1.00 bits per heavy atom. The lowest BCUT2D eigenvalue weighted by Gasteiger charge is -2.33. The minimum Gasteiger partial charge on any atom is -0.368 e. The van der Waals surface area contributed by atoms with Crippen molar-refractivity contribution < 1.29 is 18.6 Å². The molecule has 0 aliphatic carbocycles. The first kappa shape index (κ1) is 53.6. The van der Waals surface area contributed by atoms with E-state index in [1.54, 1.807) is 57.9 Å². The summed E-state index contributed by atoms with van der Waals surface area (Å²) >= 11 is 5.16. The van der Waals surface area contributed by atoms with Crippen molar-refractivity contribution in [1.82, 2.24) is 60.2 Å². The summed E-state index contributed by atoms with van der Waals surface area (Å²) < 4.78 is 11.4. The van der Waals surface area contributed by atoms with E-state index in [0.29, 0.717) is 30.2 Å². The maximum atomic E-state index is 12.0. The molecule has 20 nitrogen and oxygen atoms in total. The SMILES string of the molecule is CC(C)C(C)(c1ccc(-c2cnc(N)nc2)cc1)c1noc(N2CCN(CC(=O)N(C)C)CC2)n1.CC(C)C(C)(c1ccc(-c2cnc(N)nc2)cc1)c1noc(N2CCNCC2)n1.CN(C)C(=O)CCl. The molecule has 6 aromatic rings. The van der Waals surface area contributed by atoms with Crippen molar-refractivity contribution in [2.24, 2.45) is 11.8 Å². The van der Waals surface area contributed by atoms with E-state index in [2.05, 4.69) is 140 Å². The molecule has 2 aliphatic heterocycles. The number of nitrogens with zero attached hydrogens (tertiary/aromatic N) is 13. The van der Waals surface area contributed by atoms with Crippen molar-refractivity contribution in [3.63, 3.8) is 0 Å². The zero-order valence-electron chi connectivity index (χ0n) is 42.6. The van der Waals surface area contributed by atoms with Crippen molar-refractivity contribution >= 4 is 47.3 Å². The smallest absolute Gasteiger partial charge is 0.324 e. The monoisotopic (exact) mass is 993 g/mol. The summed E-state index contributed by atoms with van der Waals surface area (Å²) in [6, 6.07) is 17.8. The maximum Gasteiger partial charge on any atom is 0.324 e. The van der Waals surface area contributed by atoms with Crippen LogP contribution in [-0.2, 0) is 20.4 Å². The number of amides is 2. The molecular formula is C50H69ClN16O4. The van der Waals surface area contributed by atoms with Crippen LogP contribution in [0.4, 0.5) is 23.9 Å². The molecule has 2 atom stereocenters. The van der Waals surface area contributed by atoms with E-state index in [-0.39, 0.29) is 46.8 Å². The van der Waals surface area contributed by atoms with Gasteiger partial charge in [0.1, 0.15) is 5.88 Å². The number of alkyl halides is 1. The van der Waals surface area contributed by atoms with Gasteiger partial charge < -0.3 is 45.4 Å². The van der Waals surface area contributed by atoms with E-state index in [4.69, 9.17) is 42.1 Å². The fraction of sp³-hybridized carbons (Fsp3) is 0.480. The molecular weight excluding hydrogens is 924 g/mol. The van der Waals surface area contributed by atoms with Gasteiger partial charge in [0, 0.05) is 116 Å². The van der Waals surface area contributed by atoms with E-state index in [1.165, 1.54) is 4.90 Å². The van der Waals surface area contributed by atoms with Crippen molar-refractivity contribution in [2.75, 3.05) is 114 Å². The third kappa shape index (κ3) is 13.0. The van der Waals surface area contributed by atoms with E-state index < -0.39 is 5.41 Å². The fourth-order valence-electron chi connectivity index (χ4n) is 7.95. The van der Waals surface area contributed by atoms with Crippen LogP contribution in [0, 0.1) is 11.8 Å². The van der Waals surface area contributed by atoms with Crippen LogP contribution in [0.15, 0.2) is 82.4 Å². The Morgan fingerprint density at radius 3 is 1.34 bits per heavy atom. The van der Waals surface area contributed by atoms with Crippen molar-refractivity contribution in [2.45, 2.75) is 52.4 Å². The third-order valence-electron chi connectivity index (χ3n) is 13.5. The van der Waals surface area contributed by atoms with Crippen LogP contribution in [0.3, 0.4) is 0 Å². The minimum atomic E-state index is -0.433. The van der Waals surface area contributed by atoms with E-state index in [1.807, 2.05) is 0 Å². The molecule has 2 unspecified atom stereocenters. The Labute approximate surface area is 421 Å².